The fourth-order valence-corrected chi connectivity index (χ4v) is 3.07. The van der Waals surface area contributed by atoms with Crippen molar-refractivity contribution >= 4 is 45.2 Å². The lowest BCUT2D eigenvalue weighted by molar-refractivity contribution is -0.142. The van der Waals surface area contributed by atoms with Crippen LogP contribution in [0.2, 0.25) is 0 Å². The Morgan fingerprint density at radius 2 is 1.89 bits per heavy atom. The minimum absolute atomic E-state index is 0.0283. The third kappa shape index (κ3) is 5.58. The number of fused-ring (bicyclic) bond motifs is 1. The van der Waals surface area contributed by atoms with E-state index >= 15 is 0 Å². The van der Waals surface area contributed by atoms with Crippen LogP contribution < -0.4 is 10.1 Å². The molecule has 2 aromatic carbocycles. The van der Waals surface area contributed by atoms with E-state index in [9.17, 15) is 18.4 Å². The van der Waals surface area contributed by atoms with Gasteiger partial charge in [-0.25, -0.2) is 9.78 Å². The number of aromatic nitrogens is 1. The Bertz CT molecular complexity index is 970. The molecule has 1 heterocycles. The summed E-state index contributed by atoms with van der Waals surface area (Å²) >= 11 is 1.43. The molecule has 9 heteroatoms. The van der Waals surface area contributed by atoms with Crippen LogP contribution in [0.25, 0.3) is 16.3 Å². The van der Waals surface area contributed by atoms with Gasteiger partial charge < -0.3 is 14.8 Å². The lowest BCUT2D eigenvalue weighted by Crippen LogP contribution is -2.20. The average molecular weight is 404 g/mol. The molecule has 0 aliphatic heterocycles. The summed E-state index contributed by atoms with van der Waals surface area (Å²) in [4.78, 5) is 27.9. The van der Waals surface area contributed by atoms with E-state index in [1.54, 1.807) is 0 Å². The highest BCUT2D eigenvalue weighted by Crippen LogP contribution is 2.22. The highest BCUT2D eigenvalue weighted by atomic mass is 32.1. The van der Waals surface area contributed by atoms with E-state index < -0.39 is 25.1 Å². The first kappa shape index (κ1) is 19.4. The molecule has 144 valence electrons. The normalized spacial score (nSPS) is 11.1. The molecule has 0 saturated carbocycles. The van der Waals surface area contributed by atoms with Crippen LogP contribution in [-0.4, -0.2) is 30.1 Å². The number of benzene rings is 2. The Kier molecular flexibility index (Phi) is 6.28. The number of nitrogens with one attached hydrogen (secondary N) is 1. The number of ether oxygens (including phenoxy) is 2. The fourth-order valence-electron chi connectivity index (χ4n) is 2.20. The summed E-state index contributed by atoms with van der Waals surface area (Å²) in [6.45, 7) is -3.41. The van der Waals surface area contributed by atoms with Gasteiger partial charge in [0, 0.05) is 11.8 Å². The lowest BCUT2D eigenvalue weighted by atomic mass is 10.3. The van der Waals surface area contributed by atoms with Gasteiger partial charge in [0.15, 0.2) is 6.61 Å². The highest BCUT2D eigenvalue weighted by molar-refractivity contribution is 7.19. The third-order valence-electron chi connectivity index (χ3n) is 3.38. The first-order valence-corrected chi connectivity index (χ1v) is 8.86. The van der Waals surface area contributed by atoms with Crippen molar-refractivity contribution in [2.75, 3.05) is 11.9 Å². The average Bonchev–Trinajstić information content (AvgIpc) is 3.09. The van der Waals surface area contributed by atoms with Gasteiger partial charge in [-0.1, -0.05) is 12.1 Å². The van der Waals surface area contributed by atoms with Gasteiger partial charge in [0.05, 0.1) is 10.2 Å². The first-order valence-electron chi connectivity index (χ1n) is 8.05. The number of carbonyl (C=O) groups is 2. The van der Waals surface area contributed by atoms with E-state index in [1.807, 2.05) is 24.3 Å². The maximum absolute atomic E-state index is 12.1. The molecule has 3 aromatic rings. The summed E-state index contributed by atoms with van der Waals surface area (Å²) in [6, 6.07) is 12.9. The van der Waals surface area contributed by atoms with Crippen molar-refractivity contribution in [3.63, 3.8) is 0 Å². The fraction of sp³-hybridized carbons (Fsp3) is 0.105. The summed E-state index contributed by atoms with van der Waals surface area (Å²) in [6.07, 6.45) is 2.72. The molecule has 1 aromatic heterocycles. The second-order valence-electron chi connectivity index (χ2n) is 5.41. The van der Waals surface area contributed by atoms with E-state index in [4.69, 9.17) is 4.74 Å². The van der Waals surface area contributed by atoms with Gasteiger partial charge in [-0.2, -0.15) is 8.78 Å². The molecule has 0 aliphatic carbocycles. The number of carbonyl (C=O) groups excluding carboxylic acids is 2. The molecule has 1 amide bonds. The molecule has 0 atom stereocenters. The lowest BCUT2D eigenvalue weighted by Gasteiger charge is -2.07. The van der Waals surface area contributed by atoms with Crippen molar-refractivity contribution in [2.24, 2.45) is 0 Å². The van der Waals surface area contributed by atoms with Gasteiger partial charge in [-0.05, 0) is 42.5 Å². The number of rotatable bonds is 7. The predicted octanol–water partition coefficient (Wildman–Crippen LogP) is 4.09. The van der Waals surface area contributed by atoms with Crippen LogP contribution in [0.1, 0.15) is 5.01 Å². The predicted molar refractivity (Wildman–Crippen MR) is 101 cm³/mol. The van der Waals surface area contributed by atoms with Crippen LogP contribution >= 0.6 is 11.3 Å². The molecular weight excluding hydrogens is 390 g/mol. The van der Waals surface area contributed by atoms with Crippen LogP contribution in [-0.2, 0) is 14.3 Å². The molecule has 6 nitrogen and oxygen atoms in total. The zero-order valence-corrected chi connectivity index (χ0v) is 15.1. The Balaban J connectivity index is 1.46. The molecule has 0 aliphatic rings. The number of thiazole rings is 1. The largest absolute Gasteiger partial charge is 0.452 e. The summed E-state index contributed by atoms with van der Waals surface area (Å²) < 4.78 is 34.2. The highest BCUT2D eigenvalue weighted by Gasteiger charge is 2.08. The van der Waals surface area contributed by atoms with Crippen molar-refractivity contribution in [1.29, 1.82) is 0 Å². The summed E-state index contributed by atoms with van der Waals surface area (Å²) in [5.74, 6) is -1.28. The zero-order chi connectivity index (χ0) is 19.9. The summed E-state index contributed by atoms with van der Waals surface area (Å²) in [5.41, 5.74) is 1.19. The van der Waals surface area contributed by atoms with Crippen molar-refractivity contribution in [1.82, 2.24) is 4.98 Å². The second kappa shape index (κ2) is 9.05. The quantitative estimate of drug-likeness (QED) is 0.474. The summed E-state index contributed by atoms with van der Waals surface area (Å²) in [5, 5.41) is 3.12. The van der Waals surface area contributed by atoms with E-state index in [-0.39, 0.29) is 5.75 Å². The van der Waals surface area contributed by atoms with Crippen molar-refractivity contribution < 1.29 is 27.8 Å². The van der Waals surface area contributed by atoms with Gasteiger partial charge >= 0.3 is 12.6 Å². The number of para-hydroxylation sites is 1. The number of amides is 1. The SMILES string of the molecule is O=C(COC(=O)/C=C/c1nc2ccccc2s1)Nc1ccc(OC(F)F)cc1. The second-order valence-corrected chi connectivity index (χ2v) is 6.47. The van der Waals surface area contributed by atoms with Gasteiger partial charge in [0.25, 0.3) is 5.91 Å². The number of halogens is 2. The molecule has 0 unspecified atom stereocenters. The molecule has 3 rings (SSSR count). The van der Waals surface area contributed by atoms with Crippen molar-refractivity contribution in [3.8, 4) is 5.75 Å². The standard InChI is InChI=1S/C19H14F2N2O4S/c20-19(21)27-13-7-5-12(6-8-13)22-16(24)11-26-18(25)10-9-17-23-14-3-1-2-4-15(14)28-17/h1-10,19H,11H2,(H,22,24)/b10-9+. The van der Waals surface area contributed by atoms with Crippen LogP contribution in [0.5, 0.6) is 5.75 Å². The molecule has 0 radical (unpaired) electrons. The Morgan fingerprint density at radius 1 is 1.14 bits per heavy atom. The smallest absolute Gasteiger partial charge is 0.387 e. The number of hydrogen-bond donors (Lipinski definition) is 1. The van der Waals surface area contributed by atoms with Crippen LogP contribution in [0.3, 0.4) is 0 Å². The maximum atomic E-state index is 12.1. The van der Waals surface area contributed by atoms with E-state index in [1.165, 1.54) is 47.8 Å². The van der Waals surface area contributed by atoms with Crippen molar-refractivity contribution in [2.45, 2.75) is 6.61 Å². The van der Waals surface area contributed by atoms with Crippen LogP contribution in [0, 0.1) is 0 Å². The van der Waals surface area contributed by atoms with E-state index in [2.05, 4.69) is 15.0 Å². The molecule has 28 heavy (non-hydrogen) atoms. The number of nitrogens with zero attached hydrogens (tertiary/aromatic N) is 1. The topological polar surface area (TPSA) is 77.5 Å². The monoisotopic (exact) mass is 404 g/mol. The van der Waals surface area contributed by atoms with Crippen molar-refractivity contribution in [3.05, 3.63) is 59.6 Å². The van der Waals surface area contributed by atoms with Gasteiger partial charge in [0.2, 0.25) is 0 Å². The number of anilines is 1. The molecule has 0 fully saturated rings. The zero-order valence-electron chi connectivity index (χ0n) is 14.3. The molecular formula is C19H14F2N2O4S. The van der Waals surface area contributed by atoms with Gasteiger partial charge in [-0.15, -0.1) is 11.3 Å². The van der Waals surface area contributed by atoms with Crippen LogP contribution in [0.15, 0.2) is 54.6 Å². The minimum Gasteiger partial charge on any atom is -0.452 e. The van der Waals surface area contributed by atoms with Gasteiger partial charge in [0.1, 0.15) is 10.8 Å². The number of esters is 1. The van der Waals surface area contributed by atoms with Gasteiger partial charge in [-0.3, -0.25) is 4.79 Å². The third-order valence-corrected chi connectivity index (χ3v) is 4.38. The Morgan fingerprint density at radius 3 is 2.61 bits per heavy atom. The molecule has 0 spiro atoms. The minimum atomic E-state index is -2.92. The molecule has 0 bridgehead atoms. The molecule has 1 N–H and O–H groups in total. The Hall–Kier alpha value is -3.33. The van der Waals surface area contributed by atoms with E-state index in [0.29, 0.717) is 10.7 Å². The first-order chi connectivity index (χ1) is 13.5. The summed E-state index contributed by atoms with van der Waals surface area (Å²) in [7, 11) is 0. The number of hydrogen-bond acceptors (Lipinski definition) is 6. The number of alkyl halides is 2. The maximum Gasteiger partial charge on any atom is 0.387 e. The molecule has 0 saturated heterocycles. The van der Waals surface area contributed by atoms with E-state index in [0.717, 1.165) is 10.2 Å². The Labute approximate surface area is 162 Å². The van der Waals surface area contributed by atoms with Crippen LogP contribution in [0.4, 0.5) is 14.5 Å².